The van der Waals surface area contributed by atoms with Crippen molar-refractivity contribution in [1.82, 2.24) is 9.80 Å². The average Bonchev–Trinajstić information content (AvgIpc) is 2.32. The molecule has 0 aromatic rings. The van der Waals surface area contributed by atoms with Crippen LogP contribution in [0.3, 0.4) is 0 Å². The molecule has 2 aliphatic rings. The lowest BCUT2D eigenvalue weighted by Gasteiger charge is -2.34. The smallest absolute Gasteiger partial charge is 0.320 e. The van der Waals surface area contributed by atoms with Gasteiger partial charge in [-0.05, 0) is 18.8 Å². The first-order chi connectivity index (χ1) is 6.74. The van der Waals surface area contributed by atoms with Crippen LogP contribution in [-0.4, -0.2) is 47.8 Å². The van der Waals surface area contributed by atoms with Crippen molar-refractivity contribution in [2.75, 3.05) is 25.9 Å². The van der Waals surface area contributed by atoms with Crippen LogP contribution in [-0.2, 0) is 0 Å². The monoisotopic (exact) mass is 214 g/mol. The highest BCUT2D eigenvalue weighted by atomic mass is 32.1. The topological polar surface area (TPSA) is 23.6 Å². The van der Waals surface area contributed by atoms with E-state index in [1.54, 1.807) is 0 Å². The summed E-state index contributed by atoms with van der Waals surface area (Å²) < 4.78 is 0. The summed E-state index contributed by atoms with van der Waals surface area (Å²) in [6, 6.07) is 0.659. The molecule has 0 bridgehead atoms. The number of rotatable bonds is 3. The molecule has 0 N–H and O–H groups in total. The molecule has 2 amide bonds. The standard InChI is InChI=1S/C10H18N2OS/c1-11-9(8-3-2-4-8)7-12(5-6-14)10(11)13/h8-9,14H,2-7H2,1H3. The van der Waals surface area contributed by atoms with E-state index in [0.29, 0.717) is 6.04 Å². The molecule has 0 aromatic carbocycles. The fourth-order valence-electron chi connectivity index (χ4n) is 2.39. The molecule has 2 rings (SSSR count). The molecule has 1 atom stereocenters. The van der Waals surface area contributed by atoms with Crippen molar-refractivity contribution in [3.8, 4) is 0 Å². The Kier molecular flexibility index (Phi) is 2.91. The lowest BCUT2D eigenvalue weighted by Crippen LogP contribution is -2.39. The molecule has 2 fully saturated rings. The van der Waals surface area contributed by atoms with E-state index in [9.17, 15) is 4.79 Å². The number of hydrogen-bond acceptors (Lipinski definition) is 2. The summed E-state index contributed by atoms with van der Waals surface area (Å²) in [5, 5.41) is 0. The molecule has 0 spiro atoms. The average molecular weight is 214 g/mol. The lowest BCUT2D eigenvalue weighted by atomic mass is 9.79. The van der Waals surface area contributed by atoms with Crippen LogP contribution >= 0.6 is 12.6 Å². The number of likely N-dealkylation sites (N-methyl/N-ethyl adjacent to an activating group) is 1. The van der Waals surface area contributed by atoms with Crippen LogP contribution < -0.4 is 0 Å². The number of carbonyl (C=O) groups excluding carboxylic acids is 1. The molecule has 80 valence electrons. The molecular weight excluding hydrogens is 196 g/mol. The van der Waals surface area contributed by atoms with E-state index in [0.717, 1.165) is 24.8 Å². The van der Waals surface area contributed by atoms with E-state index in [1.165, 1.54) is 19.3 Å². The maximum Gasteiger partial charge on any atom is 0.320 e. The molecule has 1 saturated carbocycles. The third-order valence-corrected chi connectivity index (χ3v) is 3.74. The van der Waals surface area contributed by atoms with Gasteiger partial charge in [-0.2, -0.15) is 12.6 Å². The quantitative estimate of drug-likeness (QED) is 0.706. The Morgan fingerprint density at radius 1 is 1.50 bits per heavy atom. The summed E-state index contributed by atoms with van der Waals surface area (Å²) in [6.07, 6.45) is 3.95. The highest BCUT2D eigenvalue weighted by Crippen LogP contribution is 2.34. The van der Waals surface area contributed by atoms with Crippen molar-refractivity contribution in [3.05, 3.63) is 0 Å². The van der Waals surface area contributed by atoms with Gasteiger partial charge in [-0.15, -0.1) is 0 Å². The Labute approximate surface area is 90.8 Å². The molecule has 1 unspecified atom stereocenters. The second-order valence-corrected chi connectivity index (χ2v) is 4.77. The van der Waals surface area contributed by atoms with E-state index in [4.69, 9.17) is 0 Å². The third-order valence-electron chi connectivity index (χ3n) is 3.54. The zero-order chi connectivity index (χ0) is 10.1. The van der Waals surface area contributed by atoms with Crippen molar-refractivity contribution >= 4 is 18.7 Å². The highest BCUT2D eigenvalue weighted by Gasteiger charge is 2.40. The second-order valence-electron chi connectivity index (χ2n) is 4.32. The Bertz CT molecular complexity index is 226. The van der Waals surface area contributed by atoms with Gasteiger partial charge in [0.15, 0.2) is 0 Å². The van der Waals surface area contributed by atoms with Gasteiger partial charge in [0.2, 0.25) is 0 Å². The largest absolute Gasteiger partial charge is 0.323 e. The SMILES string of the molecule is CN1C(=O)N(CCS)CC1C1CCC1. The van der Waals surface area contributed by atoms with E-state index in [-0.39, 0.29) is 6.03 Å². The molecule has 1 aliphatic carbocycles. The molecule has 3 nitrogen and oxygen atoms in total. The predicted molar refractivity (Wildman–Crippen MR) is 59.7 cm³/mol. The van der Waals surface area contributed by atoms with E-state index in [1.807, 2.05) is 16.8 Å². The van der Waals surface area contributed by atoms with Gasteiger partial charge in [-0.1, -0.05) is 6.42 Å². The van der Waals surface area contributed by atoms with Crippen molar-refractivity contribution in [2.24, 2.45) is 5.92 Å². The summed E-state index contributed by atoms with van der Waals surface area (Å²) in [7, 11) is 1.93. The molecular formula is C10H18N2OS. The number of thiol groups is 1. The number of hydrogen-bond donors (Lipinski definition) is 1. The predicted octanol–water partition coefficient (Wildman–Crippen LogP) is 1.45. The van der Waals surface area contributed by atoms with Crippen molar-refractivity contribution < 1.29 is 4.79 Å². The zero-order valence-corrected chi connectivity index (χ0v) is 9.54. The Hall–Kier alpha value is -0.380. The maximum atomic E-state index is 11.8. The number of amides is 2. The Morgan fingerprint density at radius 2 is 2.21 bits per heavy atom. The van der Waals surface area contributed by atoms with E-state index >= 15 is 0 Å². The fraction of sp³-hybridized carbons (Fsp3) is 0.900. The Balaban J connectivity index is 1.97. The minimum atomic E-state index is 0.191. The minimum absolute atomic E-state index is 0.191. The first kappa shape index (κ1) is 10.1. The third kappa shape index (κ3) is 1.60. The second kappa shape index (κ2) is 4.01. The lowest BCUT2D eigenvalue weighted by molar-refractivity contribution is 0.164. The van der Waals surface area contributed by atoms with Gasteiger partial charge < -0.3 is 9.80 Å². The zero-order valence-electron chi connectivity index (χ0n) is 8.65. The van der Waals surface area contributed by atoms with Crippen molar-refractivity contribution in [1.29, 1.82) is 0 Å². The molecule has 1 aliphatic heterocycles. The molecule has 14 heavy (non-hydrogen) atoms. The summed E-state index contributed by atoms with van der Waals surface area (Å²) in [5.74, 6) is 1.52. The minimum Gasteiger partial charge on any atom is -0.323 e. The first-order valence-electron chi connectivity index (χ1n) is 5.36. The highest BCUT2D eigenvalue weighted by molar-refractivity contribution is 7.80. The normalized spacial score (nSPS) is 28.4. The van der Waals surface area contributed by atoms with Crippen LogP contribution in [0.5, 0.6) is 0 Å². The van der Waals surface area contributed by atoms with Crippen LogP contribution in [0.25, 0.3) is 0 Å². The van der Waals surface area contributed by atoms with Crippen LogP contribution in [0.15, 0.2) is 0 Å². The van der Waals surface area contributed by atoms with Crippen LogP contribution in [0, 0.1) is 5.92 Å². The number of nitrogens with zero attached hydrogens (tertiary/aromatic N) is 2. The summed E-state index contributed by atoms with van der Waals surface area (Å²) in [6.45, 7) is 1.70. The van der Waals surface area contributed by atoms with E-state index in [2.05, 4.69) is 12.6 Å². The van der Waals surface area contributed by atoms with Crippen LogP contribution in [0.4, 0.5) is 4.79 Å². The summed E-state index contributed by atoms with van der Waals surface area (Å²) in [5.41, 5.74) is 0. The summed E-state index contributed by atoms with van der Waals surface area (Å²) >= 11 is 4.17. The number of carbonyl (C=O) groups is 1. The van der Waals surface area contributed by atoms with Gasteiger partial charge in [0.1, 0.15) is 0 Å². The van der Waals surface area contributed by atoms with Gasteiger partial charge in [0.25, 0.3) is 0 Å². The first-order valence-corrected chi connectivity index (χ1v) is 6.00. The maximum absolute atomic E-state index is 11.8. The molecule has 1 heterocycles. The van der Waals surface area contributed by atoms with Gasteiger partial charge in [0, 0.05) is 25.9 Å². The molecule has 1 saturated heterocycles. The van der Waals surface area contributed by atoms with Gasteiger partial charge in [0.05, 0.1) is 6.04 Å². The van der Waals surface area contributed by atoms with Gasteiger partial charge in [-0.25, -0.2) is 4.79 Å². The van der Waals surface area contributed by atoms with Crippen LogP contribution in [0.1, 0.15) is 19.3 Å². The van der Waals surface area contributed by atoms with E-state index < -0.39 is 0 Å². The molecule has 0 aromatic heterocycles. The van der Waals surface area contributed by atoms with Crippen molar-refractivity contribution in [2.45, 2.75) is 25.3 Å². The fourth-order valence-corrected chi connectivity index (χ4v) is 2.63. The Morgan fingerprint density at radius 3 is 2.71 bits per heavy atom. The van der Waals surface area contributed by atoms with Crippen molar-refractivity contribution in [3.63, 3.8) is 0 Å². The molecule has 0 radical (unpaired) electrons. The van der Waals surface area contributed by atoms with Crippen LogP contribution in [0.2, 0.25) is 0 Å². The van der Waals surface area contributed by atoms with Gasteiger partial charge in [-0.3, -0.25) is 0 Å². The number of urea groups is 1. The van der Waals surface area contributed by atoms with Gasteiger partial charge >= 0.3 is 6.03 Å². The molecule has 4 heteroatoms. The summed E-state index contributed by atoms with van der Waals surface area (Å²) in [4.78, 5) is 15.6.